The molecule has 0 unspecified atom stereocenters. The van der Waals surface area contributed by atoms with E-state index >= 15 is 0 Å². The van der Waals surface area contributed by atoms with Gasteiger partial charge >= 0.3 is 0 Å². The third-order valence-electron chi connectivity index (χ3n) is 8.50. The Bertz CT molecular complexity index is 701. The first-order valence-electron chi connectivity index (χ1n) is 11.6. The fourth-order valence-corrected chi connectivity index (χ4v) is 6.79. The van der Waals surface area contributed by atoms with Gasteiger partial charge in [0.25, 0.3) is 0 Å². The zero-order valence-corrected chi connectivity index (χ0v) is 20.9. The summed E-state index contributed by atoms with van der Waals surface area (Å²) in [7, 11) is -1.75. The van der Waals surface area contributed by atoms with Gasteiger partial charge < -0.3 is 9.16 Å². The van der Waals surface area contributed by atoms with Crippen LogP contribution in [-0.4, -0.2) is 32.4 Å². The van der Waals surface area contributed by atoms with E-state index in [4.69, 9.17) is 9.16 Å². The molecule has 0 saturated heterocycles. The van der Waals surface area contributed by atoms with Crippen LogP contribution in [-0.2, 0) is 14.0 Å². The van der Waals surface area contributed by atoms with E-state index < -0.39 is 13.9 Å². The van der Waals surface area contributed by atoms with Crippen molar-refractivity contribution >= 4 is 14.1 Å². The summed E-state index contributed by atoms with van der Waals surface area (Å²) in [6.07, 6.45) is 5.85. The highest BCUT2D eigenvalue weighted by Gasteiger charge is 2.56. The number of hydrogen-bond donors (Lipinski definition) is 0. The van der Waals surface area contributed by atoms with E-state index in [2.05, 4.69) is 61.2 Å². The van der Waals surface area contributed by atoms with Crippen molar-refractivity contribution in [3.63, 3.8) is 0 Å². The monoisotopic (exact) mass is 418 g/mol. The maximum atomic E-state index is 13.6. The predicted molar refractivity (Wildman–Crippen MR) is 122 cm³/mol. The second-order valence-corrected chi connectivity index (χ2v) is 16.3. The number of ether oxygens (including phenoxy) is 1. The van der Waals surface area contributed by atoms with Gasteiger partial charge in [-0.2, -0.15) is 0 Å². The average molecular weight is 419 g/mol. The molecule has 1 fully saturated rings. The lowest BCUT2D eigenvalue weighted by Crippen LogP contribution is -2.42. The maximum Gasteiger partial charge on any atom is 0.191 e. The Balaban J connectivity index is 1.78. The molecule has 6 atom stereocenters. The fraction of sp³-hybridized carbons (Fsp3) is 0.800. The van der Waals surface area contributed by atoms with Gasteiger partial charge in [0.15, 0.2) is 14.1 Å². The number of hydrogen-bond acceptors (Lipinski definition) is 3. The molecule has 1 heterocycles. The summed E-state index contributed by atoms with van der Waals surface area (Å²) in [4.78, 5) is 13.6. The SMILES string of the molecule is C=C[C@H]1O[C@@](C)(CCCO[Si](C)(C)C(C)(C)C)C2=C1[C@@H](C)[C@@H]1CC[C@H](C)[C@@H]1C2=O. The minimum Gasteiger partial charge on any atom is -0.417 e. The van der Waals surface area contributed by atoms with Gasteiger partial charge in [0.05, 0.1) is 11.7 Å². The van der Waals surface area contributed by atoms with E-state index in [1.807, 2.05) is 6.08 Å². The van der Waals surface area contributed by atoms with Gasteiger partial charge in [0, 0.05) is 18.1 Å². The number of carbonyl (C=O) groups is 1. The molecule has 2 aliphatic carbocycles. The molecule has 3 nitrogen and oxygen atoms in total. The topological polar surface area (TPSA) is 35.5 Å². The molecule has 1 aliphatic heterocycles. The molecule has 0 amide bonds. The van der Waals surface area contributed by atoms with Crippen LogP contribution in [0.5, 0.6) is 0 Å². The van der Waals surface area contributed by atoms with Crippen LogP contribution < -0.4 is 0 Å². The Labute approximate surface area is 179 Å². The quantitative estimate of drug-likeness (QED) is 0.288. The van der Waals surface area contributed by atoms with E-state index in [-0.39, 0.29) is 17.1 Å². The standard InChI is InChI=1S/C25H42O3Si/c1-10-19-21-17(3)18-13-12-16(2)20(18)23(26)22(21)25(7,28-19)14-11-15-27-29(8,9)24(4,5)6/h10,16-20H,1,11-15H2,2-9H3/t16-,17-,18-,19+,20-,25-/m0/s1. The van der Waals surface area contributed by atoms with Gasteiger partial charge in [0.2, 0.25) is 0 Å². The Kier molecular flexibility index (Phi) is 6.15. The molecule has 3 rings (SSSR count). The zero-order chi connectivity index (χ0) is 21.8. The summed E-state index contributed by atoms with van der Waals surface area (Å²) in [6.45, 7) is 22.9. The third-order valence-corrected chi connectivity index (χ3v) is 13.0. The maximum absolute atomic E-state index is 13.6. The highest BCUT2D eigenvalue weighted by Crippen LogP contribution is 2.55. The predicted octanol–water partition coefficient (Wildman–Crippen LogP) is 6.31. The summed E-state index contributed by atoms with van der Waals surface area (Å²) >= 11 is 0. The molecule has 29 heavy (non-hydrogen) atoms. The minimum atomic E-state index is -1.75. The van der Waals surface area contributed by atoms with Crippen LogP contribution in [0, 0.1) is 23.7 Å². The Hall–Kier alpha value is -0.713. The first-order chi connectivity index (χ1) is 13.3. The van der Waals surface area contributed by atoms with Crippen LogP contribution in [0.1, 0.15) is 67.2 Å². The van der Waals surface area contributed by atoms with E-state index in [9.17, 15) is 4.79 Å². The summed E-state index contributed by atoms with van der Waals surface area (Å²) in [5, 5.41) is 0.215. The summed E-state index contributed by atoms with van der Waals surface area (Å²) in [5.41, 5.74) is 1.70. The normalized spacial score (nSPS) is 37.7. The van der Waals surface area contributed by atoms with E-state index in [1.54, 1.807) is 0 Å². The molecule has 0 radical (unpaired) electrons. The first-order valence-corrected chi connectivity index (χ1v) is 14.5. The van der Waals surface area contributed by atoms with Crippen LogP contribution in [0.15, 0.2) is 23.8 Å². The molecule has 164 valence electrons. The second kappa shape index (κ2) is 7.76. The van der Waals surface area contributed by atoms with E-state index in [0.29, 0.717) is 23.5 Å². The molecule has 0 aromatic heterocycles. The first kappa shape index (κ1) is 23.0. The number of carbonyl (C=O) groups excluding carboxylic acids is 1. The van der Waals surface area contributed by atoms with Crippen molar-refractivity contribution in [1.82, 2.24) is 0 Å². The Morgan fingerprint density at radius 3 is 2.52 bits per heavy atom. The second-order valence-electron chi connectivity index (χ2n) is 11.4. The van der Waals surface area contributed by atoms with Crippen molar-refractivity contribution in [2.24, 2.45) is 23.7 Å². The molecule has 4 heteroatoms. The lowest BCUT2D eigenvalue weighted by Gasteiger charge is -2.38. The van der Waals surface area contributed by atoms with Crippen molar-refractivity contribution in [3.05, 3.63) is 23.8 Å². The molecular formula is C25H42O3Si. The van der Waals surface area contributed by atoms with E-state index in [1.165, 1.54) is 12.0 Å². The van der Waals surface area contributed by atoms with Crippen molar-refractivity contribution in [2.75, 3.05) is 6.61 Å². The van der Waals surface area contributed by atoms with Gasteiger partial charge in [-0.3, -0.25) is 4.79 Å². The van der Waals surface area contributed by atoms with Crippen LogP contribution >= 0.6 is 0 Å². The number of fused-ring (bicyclic) bond motifs is 1. The van der Waals surface area contributed by atoms with Crippen LogP contribution in [0.4, 0.5) is 0 Å². The molecule has 0 N–H and O–H groups in total. The summed E-state index contributed by atoms with van der Waals surface area (Å²) in [6, 6.07) is 0. The van der Waals surface area contributed by atoms with Gasteiger partial charge in [-0.05, 0) is 74.1 Å². The lowest BCUT2D eigenvalue weighted by atomic mass is 9.65. The van der Waals surface area contributed by atoms with Gasteiger partial charge in [-0.15, -0.1) is 6.58 Å². The molecule has 0 spiro atoms. The van der Waals surface area contributed by atoms with Crippen molar-refractivity contribution in [1.29, 1.82) is 0 Å². The number of ketones is 1. The fourth-order valence-electron chi connectivity index (χ4n) is 5.70. The van der Waals surface area contributed by atoms with Crippen LogP contribution in [0.3, 0.4) is 0 Å². The number of rotatable bonds is 6. The Morgan fingerprint density at radius 2 is 1.93 bits per heavy atom. The van der Waals surface area contributed by atoms with Crippen LogP contribution in [0.2, 0.25) is 18.1 Å². The Morgan fingerprint density at radius 1 is 1.28 bits per heavy atom. The zero-order valence-electron chi connectivity index (χ0n) is 19.9. The number of Topliss-reactive ketones (excluding diaryl/α,β-unsaturated/α-hetero) is 1. The smallest absolute Gasteiger partial charge is 0.191 e. The molecule has 3 aliphatic rings. The molecule has 1 saturated carbocycles. The molecule has 0 aromatic rings. The highest BCUT2D eigenvalue weighted by molar-refractivity contribution is 6.74. The van der Waals surface area contributed by atoms with Crippen molar-refractivity contribution < 1.29 is 14.0 Å². The lowest BCUT2D eigenvalue weighted by molar-refractivity contribution is -0.124. The average Bonchev–Trinajstić information content (AvgIpc) is 3.15. The summed E-state index contributed by atoms with van der Waals surface area (Å²) in [5.74, 6) is 1.92. The largest absolute Gasteiger partial charge is 0.417 e. The minimum absolute atomic E-state index is 0.118. The van der Waals surface area contributed by atoms with Crippen molar-refractivity contribution in [2.45, 2.75) is 97.1 Å². The molecule has 0 bridgehead atoms. The van der Waals surface area contributed by atoms with Crippen molar-refractivity contribution in [3.8, 4) is 0 Å². The van der Waals surface area contributed by atoms with Gasteiger partial charge in [-0.25, -0.2) is 0 Å². The van der Waals surface area contributed by atoms with Gasteiger partial charge in [0.1, 0.15) is 0 Å². The van der Waals surface area contributed by atoms with E-state index in [0.717, 1.165) is 31.4 Å². The molecule has 0 aromatic carbocycles. The molecular weight excluding hydrogens is 376 g/mol. The highest BCUT2D eigenvalue weighted by atomic mass is 28.4. The van der Waals surface area contributed by atoms with Gasteiger partial charge in [-0.1, -0.05) is 40.7 Å². The summed E-state index contributed by atoms with van der Waals surface area (Å²) < 4.78 is 12.9. The van der Waals surface area contributed by atoms with Crippen LogP contribution in [0.25, 0.3) is 0 Å². The third kappa shape index (κ3) is 3.85.